The van der Waals surface area contributed by atoms with Gasteiger partial charge in [0.25, 0.3) is 0 Å². The van der Waals surface area contributed by atoms with E-state index in [9.17, 15) is 0 Å². The number of halogens is 2. The van der Waals surface area contributed by atoms with Gasteiger partial charge in [0, 0.05) is 18.6 Å². The third-order valence-corrected chi connectivity index (χ3v) is 6.71. The first kappa shape index (κ1) is 27.8. The average Bonchev–Trinajstić information content (AvgIpc) is 2.90. The van der Waals surface area contributed by atoms with Gasteiger partial charge in [0.05, 0.1) is 5.56 Å². The first-order valence-electron chi connectivity index (χ1n) is 13.2. The van der Waals surface area contributed by atoms with Gasteiger partial charge in [0.2, 0.25) is 0 Å². The second kappa shape index (κ2) is 12.6. The van der Waals surface area contributed by atoms with Crippen LogP contribution in [-0.2, 0) is 5.41 Å². The van der Waals surface area contributed by atoms with Crippen LogP contribution in [0, 0.1) is 56.1 Å². The van der Waals surface area contributed by atoms with Gasteiger partial charge in [-0.25, -0.2) is 8.78 Å². The van der Waals surface area contributed by atoms with Crippen LogP contribution >= 0.6 is 0 Å². The van der Waals surface area contributed by atoms with Crippen molar-refractivity contribution >= 4 is 0 Å². The summed E-state index contributed by atoms with van der Waals surface area (Å²) in [4.78, 5) is 0. The number of benzene rings is 4. The van der Waals surface area contributed by atoms with Crippen molar-refractivity contribution in [2.45, 2.75) is 45.4 Å². The molecule has 0 unspecified atom stereocenters. The Morgan fingerprint density at radius 1 is 0.667 bits per heavy atom. The standard InChI is InChI=1S/C36H32F2O/c1-26-11-8-15-30(21-26)36(31-16-9-12-27(2)22-31,32-17-10-13-28(3)23-32)19-18-33-34(37)24-29(25-35(33)38)14-6-4-5-7-20-39/h8-13,15-17,21-25,39H,4-5,7,20H2,1-3H3. The lowest BCUT2D eigenvalue weighted by Crippen LogP contribution is -2.28. The molecule has 0 aliphatic heterocycles. The molecule has 4 aromatic rings. The molecule has 0 aromatic heterocycles. The second-order valence-electron chi connectivity index (χ2n) is 9.91. The summed E-state index contributed by atoms with van der Waals surface area (Å²) < 4.78 is 30.5. The molecule has 4 rings (SSSR count). The summed E-state index contributed by atoms with van der Waals surface area (Å²) in [6.07, 6.45) is 1.94. The highest BCUT2D eigenvalue weighted by Gasteiger charge is 2.35. The lowest BCUT2D eigenvalue weighted by molar-refractivity contribution is 0.285. The van der Waals surface area contributed by atoms with Crippen LogP contribution in [0.1, 0.15) is 63.8 Å². The van der Waals surface area contributed by atoms with Gasteiger partial charge in [-0.05, 0) is 62.4 Å². The average molecular weight is 519 g/mol. The molecule has 39 heavy (non-hydrogen) atoms. The van der Waals surface area contributed by atoms with Gasteiger partial charge in [0.1, 0.15) is 17.0 Å². The lowest BCUT2D eigenvalue weighted by atomic mass is 9.69. The van der Waals surface area contributed by atoms with Crippen LogP contribution in [0.15, 0.2) is 84.9 Å². The normalized spacial score (nSPS) is 10.8. The zero-order valence-corrected chi connectivity index (χ0v) is 22.6. The molecule has 0 amide bonds. The zero-order chi connectivity index (χ0) is 27.8. The Labute approximate surface area is 230 Å². The molecule has 4 aromatic carbocycles. The number of rotatable bonds is 6. The summed E-state index contributed by atoms with van der Waals surface area (Å²) in [6.45, 7) is 6.18. The third kappa shape index (κ3) is 6.46. The van der Waals surface area contributed by atoms with E-state index < -0.39 is 17.0 Å². The van der Waals surface area contributed by atoms with E-state index in [1.165, 1.54) is 12.1 Å². The molecule has 0 atom stereocenters. The molecule has 0 saturated heterocycles. The molecular formula is C36H32F2O. The largest absolute Gasteiger partial charge is 0.396 e. The van der Waals surface area contributed by atoms with Crippen LogP contribution in [-0.4, -0.2) is 11.7 Å². The Morgan fingerprint density at radius 2 is 1.15 bits per heavy atom. The molecule has 0 heterocycles. The SMILES string of the molecule is Cc1cccc(C(C#Cc2c(F)cc(C#CCCCCO)cc2F)(c2cccc(C)c2)c2cccc(C)c2)c1. The highest BCUT2D eigenvalue weighted by atomic mass is 19.1. The molecule has 0 radical (unpaired) electrons. The number of hydrogen-bond acceptors (Lipinski definition) is 1. The zero-order valence-electron chi connectivity index (χ0n) is 22.6. The van der Waals surface area contributed by atoms with Gasteiger partial charge >= 0.3 is 0 Å². The van der Waals surface area contributed by atoms with Crippen molar-refractivity contribution in [3.8, 4) is 23.7 Å². The van der Waals surface area contributed by atoms with Crippen molar-refractivity contribution in [3.05, 3.63) is 141 Å². The highest BCUT2D eigenvalue weighted by Crippen LogP contribution is 2.40. The Hall–Kier alpha value is -4.18. The lowest BCUT2D eigenvalue weighted by Gasteiger charge is -2.32. The van der Waals surface area contributed by atoms with Crippen LogP contribution in [0.5, 0.6) is 0 Å². The maximum absolute atomic E-state index is 15.3. The molecule has 1 N–H and O–H groups in total. The first-order chi connectivity index (χ1) is 18.8. The number of hydrogen-bond donors (Lipinski definition) is 1. The van der Waals surface area contributed by atoms with Gasteiger partial charge < -0.3 is 5.11 Å². The summed E-state index contributed by atoms with van der Waals surface area (Å²) in [5.41, 5.74) is 5.01. The molecular weight excluding hydrogens is 486 g/mol. The molecule has 0 aliphatic rings. The second-order valence-corrected chi connectivity index (χ2v) is 9.91. The van der Waals surface area contributed by atoms with Crippen LogP contribution in [0.25, 0.3) is 0 Å². The minimum atomic E-state index is -0.964. The van der Waals surface area contributed by atoms with Crippen LogP contribution in [0.3, 0.4) is 0 Å². The van der Waals surface area contributed by atoms with Crippen molar-refractivity contribution in [1.82, 2.24) is 0 Å². The monoisotopic (exact) mass is 518 g/mol. The van der Waals surface area contributed by atoms with E-state index in [0.29, 0.717) is 12.8 Å². The molecule has 3 heteroatoms. The minimum absolute atomic E-state index is 0.105. The fourth-order valence-corrected chi connectivity index (χ4v) is 4.76. The van der Waals surface area contributed by atoms with Gasteiger partial charge in [-0.15, -0.1) is 0 Å². The fraction of sp³-hybridized carbons (Fsp3) is 0.222. The molecule has 0 fully saturated rings. The van der Waals surface area contributed by atoms with E-state index in [4.69, 9.17) is 5.11 Å². The summed E-state index contributed by atoms with van der Waals surface area (Å²) in [7, 11) is 0. The third-order valence-electron chi connectivity index (χ3n) is 6.71. The van der Waals surface area contributed by atoms with Crippen LogP contribution in [0.2, 0.25) is 0 Å². The van der Waals surface area contributed by atoms with Crippen molar-refractivity contribution < 1.29 is 13.9 Å². The van der Waals surface area contributed by atoms with Crippen LogP contribution < -0.4 is 0 Å². The molecule has 196 valence electrons. The summed E-state index contributed by atoms with van der Waals surface area (Å²) in [5.74, 6) is 10.5. The van der Waals surface area contributed by atoms with E-state index in [1.807, 2.05) is 75.4 Å². The van der Waals surface area contributed by atoms with E-state index >= 15 is 8.78 Å². The van der Waals surface area contributed by atoms with E-state index in [-0.39, 0.29) is 17.7 Å². The molecule has 1 nitrogen and oxygen atoms in total. The van der Waals surface area contributed by atoms with Gasteiger partial charge in [-0.3, -0.25) is 0 Å². The van der Waals surface area contributed by atoms with Crippen molar-refractivity contribution in [1.29, 1.82) is 0 Å². The summed E-state index contributed by atoms with van der Waals surface area (Å²) >= 11 is 0. The van der Waals surface area contributed by atoms with Crippen molar-refractivity contribution in [2.75, 3.05) is 6.61 Å². The Balaban J connectivity index is 1.92. The number of unbranched alkanes of at least 4 members (excludes halogenated alkanes) is 2. The first-order valence-corrected chi connectivity index (χ1v) is 13.2. The summed E-state index contributed by atoms with van der Waals surface area (Å²) in [5, 5.41) is 8.89. The Morgan fingerprint density at radius 3 is 1.59 bits per heavy atom. The fourth-order valence-electron chi connectivity index (χ4n) is 4.76. The van der Waals surface area contributed by atoms with E-state index in [0.717, 1.165) is 39.8 Å². The van der Waals surface area contributed by atoms with E-state index in [1.54, 1.807) is 0 Å². The van der Waals surface area contributed by atoms with Gasteiger partial charge in [0.15, 0.2) is 0 Å². The minimum Gasteiger partial charge on any atom is -0.396 e. The van der Waals surface area contributed by atoms with Gasteiger partial charge in [-0.1, -0.05) is 113 Å². The number of aryl methyl sites for hydroxylation is 3. The maximum atomic E-state index is 15.3. The van der Waals surface area contributed by atoms with Crippen molar-refractivity contribution in [3.63, 3.8) is 0 Å². The topological polar surface area (TPSA) is 20.2 Å². The van der Waals surface area contributed by atoms with E-state index in [2.05, 4.69) is 41.9 Å². The quantitative estimate of drug-likeness (QED) is 0.157. The maximum Gasteiger partial charge on any atom is 0.143 e. The smallest absolute Gasteiger partial charge is 0.143 e. The molecule has 0 aliphatic carbocycles. The molecule has 0 saturated carbocycles. The Kier molecular flexibility index (Phi) is 8.98. The molecule has 0 spiro atoms. The Bertz CT molecular complexity index is 1460. The van der Waals surface area contributed by atoms with Gasteiger partial charge in [-0.2, -0.15) is 0 Å². The predicted molar refractivity (Wildman–Crippen MR) is 154 cm³/mol. The van der Waals surface area contributed by atoms with Crippen molar-refractivity contribution in [2.24, 2.45) is 0 Å². The number of aliphatic hydroxyl groups is 1. The number of aliphatic hydroxyl groups excluding tert-OH is 1. The highest BCUT2D eigenvalue weighted by molar-refractivity contribution is 5.61. The predicted octanol–water partition coefficient (Wildman–Crippen LogP) is 7.79. The van der Waals surface area contributed by atoms with Crippen LogP contribution in [0.4, 0.5) is 8.78 Å². The molecule has 0 bridgehead atoms. The summed E-state index contributed by atoms with van der Waals surface area (Å²) in [6, 6.07) is 26.8.